The summed E-state index contributed by atoms with van der Waals surface area (Å²) >= 11 is 0. The lowest BCUT2D eigenvalue weighted by Gasteiger charge is -2.13. The van der Waals surface area contributed by atoms with E-state index in [0.29, 0.717) is 22.9 Å². The van der Waals surface area contributed by atoms with Gasteiger partial charge in [-0.25, -0.2) is 9.18 Å². The standard InChI is InChI=1S/C20H20FN5O5/c1-28-14-8-11(9-15(29-2)17(14)30-3)18(27)31-10-16-24-19(22)26-20(25-16)23-13-6-4-12(21)5-7-13/h4-9H,10H2,1-3H3,(H3,22,23,24,25,26). The van der Waals surface area contributed by atoms with Gasteiger partial charge in [0.15, 0.2) is 23.9 Å². The van der Waals surface area contributed by atoms with Crippen molar-refractivity contribution >= 4 is 23.6 Å². The van der Waals surface area contributed by atoms with E-state index < -0.39 is 5.97 Å². The highest BCUT2D eigenvalue weighted by molar-refractivity contribution is 5.91. The molecule has 0 saturated carbocycles. The van der Waals surface area contributed by atoms with Gasteiger partial charge in [-0.05, 0) is 36.4 Å². The maximum Gasteiger partial charge on any atom is 0.338 e. The number of nitrogens with zero attached hydrogens (tertiary/aromatic N) is 3. The van der Waals surface area contributed by atoms with Crippen molar-refractivity contribution in [1.82, 2.24) is 15.0 Å². The molecule has 0 fully saturated rings. The predicted molar refractivity (Wildman–Crippen MR) is 109 cm³/mol. The van der Waals surface area contributed by atoms with E-state index in [9.17, 15) is 9.18 Å². The van der Waals surface area contributed by atoms with E-state index in [2.05, 4.69) is 20.3 Å². The molecular formula is C20H20FN5O5. The third-order valence-corrected chi connectivity index (χ3v) is 4.03. The van der Waals surface area contributed by atoms with Gasteiger partial charge in [-0.1, -0.05) is 0 Å². The summed E-state index contributed by atoms with van der Waals surface area (Å²) < 4.78 is 34.0. The van der Waals surface area contributed by atoms with Gasteiger partial charge >= 0.3 is 5.97 Å². The summed E-state index contributed by atoms with van der Waals surface area (Å²) in [5, 5.41) is 2.88. The van der Waals surface area contributed by atoms with Gasteiger partial charge in [0.25, 0.3) is 0 Å². The molecule has 3 rings (SSSR count). The minimum atomic E-state index is -0.661. The molecular weight excluding hydrogens is 409 g/mol. The van der Waals surface area contributed by atoms with Gasteiger partial charge in [0.1, 0.15) is 5.82 Å². The van der Waals surface area contributed by atoms with Crippen molar-refractivity contribution in [2.24, 2.45) is 0 Å². The molecule has 0 aliphatic rings. The molecule has 11 heteroatoms. The highest BCUT2D eigenvalue weighted by Crippen LogP contribution is 2.38. The molecule has 1 aromatic heterocycles. The second-order valence-corrected chi connectivity index (χ2v) is 6.06. The largest absolute Gasteiger partial charge is 0.493 e. The SMILES string of the molecule is COc1cc(C(=O)OCc2nc(N)nc(Nc3ccc(F)cc3)n2)cc(OC)c1OC. The van der Waals surface area contributed by atoms with Crippen LogP contribution < -0.4 is 25.3 Å². The Hall–Kier alpha value is -4.15. The van der Waals surface area contributed by atoms with E-state index in [1.807, 2.05) is 0 Å². The van der Waals surface area contributed by atoms with Crippen LogP contribution in [0.3, 0.4) is 0 Å². The van der Waals surface area contributed by atoms with Gasteiger partial charge in [0, 0.05) is 5.69 Å². The molecule has 3 aromatic rings. The number of nitrogens with two attached hydrogens (primary N) is 1. The summed E-state index contributed by atoms with van der Waals surface area (Å²) in [4.78, 5) is 24.6. The topological polar surface area (TPSA) is 131 Å². The van der Waals surface area contributed by atoms with Crippen LogP contribution in [0.15, 0.2) is 36.4 Å². The van der Waals surface area contributed by atoms with Crippen molar-refractivity contribution in [1.29, 1.82) is 0 Å². The summed E-state index contributed by atoms with van der Waals surface area (Å²) in [5.74, 6) is 0.108. The van der Waals surface area contributed by atoms with Crippen LogP contribution >= 0.6 is 0 Å². The van der Waals surface area contributed by atoms with Gasteiger partial charge in [-0.2, -0.15) is 15.0 Å². The van der Waals surface area contributed by atoms with Gasteiger partial charge in [0.05, 0.1) is 26.9 Å². The fourth-order valence-corrected chi connectivity index (χ4v) is 2.63. The minimum absolute atomic E-state index is 0.0709. The smallest absolute Gasteiger partial charge is 0.338 e. The third kappa shape index (κ3) is 5.26. The van der Waals surface area contributed by atoms with Crippen LogP contribution in [0, 0.1) is 5.82 Å². The molecule has 0 amide bonds. The number of anilines is 3. The van der Waals surface area contributed by atoms with Crippen molar-refractivity contribution in [3.05, 3.63) is 53.6 Å². The first-order chi connectivity index (χ1) is 14.9. The van der Waals surface area contributed by atoms with E-state index in [1.54, 1.807) is 0 Å². The lowest BCUT2D eigenvalue weighted by Crippen LogP contribution is -2.11. The Morgan fingerprint density at radius 2 is 1.65 bits per heavy atom. The van der Waals surface area contributed by atoms with Crippen LogP contribution in [0.2, 0.25) is 0 Å². The van der Waals surface area contributed by atoms with Crippen molar-refractivity contribution in [2.45, 2.75) is 6.61 Å². The Labute approximate surface area is 177 Å². The van der Waals surface area contributed by atoms with Gasteiger partial charge in [-0.3, -0.25) is 0 Å². The van der Waals surface area contributed by atoms with Crippen molar-refractivity contribution in [2.75, 3.05) is 32.4 Å². The number of ether oxygens (including phenoxy) is 4. The molecule has 0 radical (unpaired) electrons. The molecule has 0 aliphatic heterocycles. The van der Waals surface area contributed by atoms with Gasteiger partial charge in [0.2, 0.25) is 17.6 Å². The first-order valence-electron chi connectivity index (χ1n) is 8.93. The van der Waals surface area contributed by atoms with Gasteiger partial charge < -0.3 is 30.0 Å². The van der Waals surface area contributed by atoms with Crippen LogP contribution in [0.5, 0.6) is 17.2 Å². The number of nitrogens with one attached hydrogen (secondary N) is 1. The Kier molecular flexibility index (Phi) is 6.65. The number of carbonyl (C=O) groups is 1. The van der Waals surface area contributed by atoms with Gasteiger partial charge in [-0.15, -0.1) is 0 Å². The summed E-state index contributed by atoms with van der Waals surface area (Å²) in [6, 6.07) is 8.53. The lowest BCUT2D eigenvalue weighted by molar-refractivity contribution is 0.0461. The van der Waals surface area contributed by atoms with Crippen LogP contribution in [0.4, 0.5) is 22.0 Å². The summed E-state index contributed by atoms with van der Waals surface area (Å²) in [5.41, 5.74) is 6.44. The zero-order valence-corrected chi connectivity index (χ0v) is 17.0. The van der Waals surface area contributed by atoms with Crippen LogP contribution in [0.1, 0.15) is 16.2 Å². The molecule has 0 unspecified atom stereocenters. The number of halogens is 1. The second kappa shape index (κ2) is 9.57. The Balaban J connectivity index is 1.74. The molecule has 2 aromatic carbocycles. The fourth-order valence-electron chi connectivity index (χ4n) is 2.63. The maximum atomic E-state index is 13.0. The molecule has 3 N–H and O–H groups in total. The summed E-state index contributed by atoms with van der Waals surface area (Å²) in [7, 11) is 4.34. The fraction of sp³-hybridized carbons (Fsp3) is 0.200. The number of esters is 1. The van der Waals surface area contributed by atoms with E-state index in [4.69, 9.17) is 24.7 Å². The quantitative estimate of drug-likeness (QED) is 0.515. The Morgan fingerprint density at radius 3 is 2.23 bits per heavy atom. The molecule has 162 valence electrons. The normalized spacial score (nSPS) is 10.3. The molecule has 1 heterocycles. The van der Waals surface area contributed by atoms with Crippen LogP contribution in [-0.2, 0) is 11.3 Å². The first kappa shape index (κ1) is 21.6. The molecule has 31 heavy (non-hydrogen) atoms. The number of carbonyl (C=O) groups excluding carboxylic acids is 1. The molecule has 0 saturated heterocycles. The molecule has 0 bridgehead atoms. The number of rotatable bonds is 8. The average molecular weight is 429 g/mol. The van der Waals surface area contributed by atoms with E-state index in [-0.39, 0.29) is 35.7 Å². The maximum absolute atomic E-state index is 13.0. The highest BCUT2D eigenvalue weighted by Gasteiger charge is 2.18. The van der Waals surface area contributed by atoms with Crippen molar-refractivity contribution < 1.29 is 28.1 Å². The second-order valence-electron chi connectivity index (χ2n) is 6.06. The number of methoxy groups -OCH3 is 3. The van der Waals surface area contributed by atoms with Crippen molar-refractivity contribution in [3.8, 4) is 17.2 Å². The lowest BCUT2D eigenvalue weighted by atomic mass is 10.2. The zero-order valence-electron chi connectivity index (χ0n) is 17.0. The van der Waals surface area contributed by atoms with E-state index >= 15 is 0 Å². The molecule has 0 spiro atoms. The molecule has 0 aliphatic carbocycles. The number of hydrogen-bond donors (Lipinski definition) is 2. The van der Waals surface area contributed by atoms with Crippen LogP contribution in [0.25, 0.3) is 0 Å². The number of hydrogen-bond acceptors (Lipinski definition) is 10. The summed E-state index contributed by atoms with van der Waals surface area (Å²) in [6.45, 7) is -0.264. The third-order valence-electron chi connectivity index (χ3n) is 4.03. The zero-order chi connectivity index (χ0) is 22.4. The molecule has 10 nitrogen and oxygen atoms in total. The number of aromatic nitrogens is 3. The highest BCUT2D eigenvalue weighted by atomic mass is 19.1. The Bertz CT molecular complexity index is 1050. The monoisotopic (exact) mass is 429 g/mol. The minimum Gasteiger partial charge on any atom is -0.493 e. The van der Waals surface area contributed by atoms with E-state index in [1.165, 1.54) is 57.7 Å². The predicted octanol–water partition coefficient (Wildman–Crippen LogP) is 2.72. The molecule has 0 atom stereocenters. The van der Waals surface area contributed by atoms with Crippen LogP contribution in [-0.4, -0.2) is 42.3 Å². The number of benzene rings is 2. The average Bonchev–Trinajstić information content (AvgIpc) is 2.77. The first-order valence-corrected chi connectivity index (χ1v) is 8.93. The Morgan fingerprint density at radius 1 is 1.00 bits per heavy atom. The van der Waals surface area contributed by atoms with Crippen molar-refractivity contribution in [3.63, 3.8) is 0 Å². The van der Waals surface area contributed by atoms with E-state index in [0.717, 1.165) is 0 Å². The summed E-state index contributed by atoms with van der Waals surface area (Å²) in [6.07, 6.45) is 0. The number of nitrogen functional groups attached to an aromatic ring is 1.